The van der Waals surface area contributed by atoms with Crippen LogP contribution in [0.1, 0.15) is 16.9 Å². The minimum absolute atomic E-state index is 0.905. The monoisotopic (exact) mass is 254 g/mol. The first-order chi connectivity index (χ1) is 8.36. The van der Waals surface area contributed by atoms with Gasteiger partial charge in [0.2, 0.25) is 0 Å². The van der Waals surface area contributed by atoms with Gasteiger partial charge in [0, 0.05) is 24.5 Å². The minimum Gasteiger partial charge on any atom is -0.379 e. The first-order valence-electron chi connectivity index (χ1n) is 6.40. The molecule has 1 N–H and O–H groups in total. The van der Waals surface area contributed by atoms with Gasteiger partial charge in [0.05, 0.1) is 13.2 Å². The molecule has 96 valence electrons. The maximum absolute atomic E-state index is 5.33. The number of nitrogens with zero attached hydrogens (tertiary/aromatic N) is 1. The Morgan fingerprint density at radius 3 is 2.94 bits per heavy atom. The lowest BCUT2D eigenvalue weighted by Crippen LogP contribution is -2.37. The molecule has 0 unspecified atom stereocenters. The third kappa shape index (κ3) is 4.39. The molecule has 3 nitrogen and oxygen atoms in total. The zero-order valence-electron chi connectivity index (χ0n) is 10.6. The van der Waals surface area contributed by atoms with E-state index in [9.17, 15) is 0 Å². The molecule has 0 atom stereocenters. The quantitative estimate of drug-likeness (QED) is 0.784. The summed E-state index contributed by atoms with van der Waals surface area (Å²) >= 11 is 1.85. The zero-order chi connectivity index (χ0) is 11.9. The van der Waals surface area contributed by atoms with Gasteiger partial charge >= 0.3 is 0 Å². The third-order valence-electron chi connectivity index (χ3n) is 3.19. The molecule has 0 aromatic carbocycles. The number of rotatable bonds is 6. The van der Waals surface area contributed by atoms with Crippen molar-refractivity contribution in [2.45, 2.75) is 19.9 Å². The normalized spacial score (nSPS) is 17.5. The lowest BCUT2D eigenvalue weighted by Gasteiger charge is -2.26. The van der Waals surface area contributed by atoms with Crippen molar-refractivity contribution in [2.75, 3.05) is 39.4 Å². The summed E-state index contributed by atoms with van der Waals surface area (Å²) in [4.78, 5) is 3.96. The Balaban J connectivity index is 1.53. The lowest BCUT2D eigenvalue weighted by atomic mass is 10.3. The van der Waals surface area contributed by atoms with Gasteiger partial charge in [-0.3, -0.25) is 4.90 Å². The molecular formula is C13H22N2OS. The number of thiophene rings is 1. The van der Waals surface area contributed by atoms with E-state index in [1.165, 1.54) is 23.4 Å². The van der Waals surface area contributed by atoms with Crippen LogP contribution >= 0.6 is 11.3 Å². The molecule has 0 saturated carbocycles. The van der Waals surface area contributed by atoms with Crippen LogP contribution in [0.4, 0.5) is 0 Å². The molecule has 1 aliphatic heterocycles. The van der Waals surface area contributed by atoms with Crippen molar-refractivity contribution in [1.29, 1.82) is 0 Å². The average molecular weight is 254 g/mol. The van der Waals surface area contributed by atoms with E-state index in [4.69, 9.17) is 4.74 Å². The fraction of sp³-hybridized carbons (Fsp3) is 0.692. The van der Waals surface area contributed by atoms with E-state index in [2.05, 4.69) is 28.6 Å². The standard InChI is InChI=1S/C13H22N2OS/c1-12-3-10-17-13(12)11-14-4-2-5-15-6-8-16-9-7-15/h3,10,14H,2,4-9,11H2,1H3. The summed E-state index contributed by atoms with van der Waals surface area (Å²) in [6.07, 6.45) is 1.23. The van der Waals surface area contributed by atoms with Crippen LogP contribution < -0.4 is 5.32 Å². The van der Waals surface area contributed by atoms with Crippen LogP contribution in [0.15, 0.2) is 11.4 Å². The molecule has 0 bridgehead atoms. The van der Waals surface area contributed by atoms with Crippen molar-refractivity contribution in [3.05, 3.63) is 21.9 Å². The van der Waals surface area contributed by atoms with Crippen LogP contribution in [-0.2, 0) is 11.3 Å². The summed E-state index contributed by atoms with van der Waals surface area (Å²) in [5.41, 5.74) is 1.41. The lowest BCUT2D eigenvalue weighted by molar-refractivity contribution is 0.0374. The Morgan fingerprint density at radius 1 is 1.41 bits per heavy atom. The number of ether oxygens (including phenoxy) is 1. The third-order valence-corrected chi connectivity index (χ3v) is 4.21. The van der Waals surface area contributed by atoms with Crippen LogP contribution in [0, 0.1) is 6.92 Å². The van der Waals surface area contributed by atoms with Gasteiger partial charge in [0.25, 0.3) is 0 Å². The molecule has 0 radical (unpaired) electrons. The van der Waals surface area contributed by atoms with Gasteiger partial charge in [0.15, 0.2) is 0 Å². The summed E-state index contributed by atoms with van der Waals surface area (Å²) in [7, 11) is 0. The molecule has 1 aromatic rings. The first kappa shape index (κ1) is 13.0. The van der Waals surface area contributed by atoms with Crippen LogP contribution in [0.3, 0.4) is 0 Å². The smallest absolute Gasteiger partial charge is 0.0594 e. The second kappa shape index (κ2) is 7.11. The molecule has 2 rings (SSSR count). The molecule has 0 aliphatic carbocycles. The van der Waals surface area contributed by atoms with Gasteiger partial charge in [-0.25, -0.2) is 0 Å². The van der Waals surface area contributed by atoms with E-state index in [-0.39, 0.29) is 0 Å². The van der Waals surface area contributed by atoms with Crippen molar-refractivity contribution >= 4 is 11.3 Å². The predicted molar refractivity (Wildman–Crippen MR) is 72.6 cm³/mol. The van der Waals surface area contributed by atoms with E-state index in [1.807, 2.05) is 11.3 Å². The summed E-state index contributed by atoms with van der Waals surface area (Å²) < 4.78 is 5.33. The molecule has 0 spiro atoms. The Hall–Kier alpha value is -0.420. The van der Waals surface area contributed by atoms with E-state index in [1.54, 1.807) is 0 Å². The van der Waals surface area contributed by atoms with E-state index in [0.29, 0.717) is 0 Å². The molecule has 17 heavy (non-hydrogen) atoms. The zero-order valence-corrected chi connectivity index (χ0v) is 11.4. The van der Waals surface area contributed by atoms with Crippen molar-refractivity contribution < 1.29 is 4.74 Å². The van der Waals surface area contributed by atoms with Gasteiger partial charge in [-0.2, -0.15) is 0 Å². The van der Waals surface area contributed by atoms with Gasteiger partial charge in [0.1, 0.15) is 0 Å². The van der Waals surface area contributed by atoms with Gasteiger partial charge in [-0.1, -0.05) is 0 Å². The molecule has 1 aliphatic rings. The highest BCUT2D eigenvalue weighted by Gasteiger charge is 2.08. The minimum atomic E-state index is 0.905. The van der Waals surface area contributed by atoms with Crippen molar-refractivity contribution in [3.63, 3.8) is 0 Å². The highest BCUT2D eigenvalue weighted by atomic mass is 32.1. The van der Waals surface area contributed by atoms with Crippen molar-refractivity contribution in [1.82, 2.24) is 10.2 Å². The molecule has 1 aromatic heterocycles. The van der Waals surface area contributed by atoms with Crippen LogP contribution in [-0.4, -0.2) is 44.3 Å². The SMILES string of the molecule is Cc1ccsc1CNCCCN1CCOCC1. The molecule has 0 amide bonds. The Labute approximate surface area is 108 Å². The van der Waals surface area contributed by atoms with Gasteiger partial charge in [-0.15, -0.1) is 11.3 Å². The number of hydrogen-bond donors (Lipinski definition) is 1. The second-order valence-electron chi connectivity index (χ2n) is 4.51. The summed E-state index contributed by atoms with van der Waals surface area (Å²) in [5, 5.41) is 5.69. The Bertz CT molecular complexity index is 321. The first-order valence-corrected chi connectivity index (χ1v) is 7.28. The molecule has 4 heteroatoms. The van der Waals surface area contributed by atoms with Crippen LogP contribution in [0.5, 0.6) is 0 Å². The van der Waals surface area contributed by atoms with Crippen molar-refractivity contribution in [3.8, 4) is 0 Å². The van der Waals surface area contributed by atoms with E-state index < -0.39 is 0 Å². The fourth-order valence-corrected chi connectivity index (χ4v) is 2.92. The molecule has 2 heterocycles. The van der Waals surface area contributed by atoms with Crippen LogP contribution in [0.2, 0.25) is 0 Å². The van der Waals surface area contributed by atoms with Gasteiger partial charge < -0.3 is 10.1 Å². The Morgan fingerprint density at radius 2 is 2.24 bits per heavy atom. The predicted octanol–water partition coefficient (Wildman–Crippen LogP) is 1.87. The fourth-order valence-electron chi connectivity index (χ4n) is 2.04. The Kier molecular flexibility index (Phi) is 5.45. The van der Waals surface area contributed by atoms with E-state index in [0.717, 1.165) is 39.4 Å². The largest absolute Gasteiger partial charge is 0.379 e. The maximum atomic E-state index is 5.33. The second-order valence-corrected chi connectivity index (χ2v) is 5.51. The van der Waals surface area contributed by atoms with Gasteiger partial charge in [-0.05, 0) is 43.4 Å². The summed E-state index contributed by atoms with van der Waals surface area (Å²) in [6.45, 7) is 9.51. The summed E-state index contributed by atoms with van der Waals surface area (Å²) in [6, 6.07) is 2.19. The number of morpholine rings is 1. The van der Waals surface area contributed by atoms with E-state index >= 15 is 0 Å². The highest BCUT2D eigenvalue weighted by Crippen LogP contribution is 2.14. The highest BCUT2D eigenvalue weighted by molar-refractivity contribution is 7.10. The number of nitrogens with one attached hydrogen (secondary N) is 1. The number of aryl methyl sites for hydroxylation is 1. The molecular weight excluding hydrogens is 232 g/mol. The van der Waals surface area contributed by atoms with Crippen molar-refractivity contribution in [2.24, 2.45) is 0 Å². The van der Waals surface area contributed by atoms with Crippen LogP contribution in [0.25, 0.3) is 0 Å². The molecule has 1 saturated heterocycles. The number of hydrogen-bond acceptors (Lipinski definition) is 4. The summed E-state index contributed by atoms with van der Waals surface area (Å²) in [5.74, 6) is 0. The average Bonchev–Trinajstić information content (AvgIpc) is 2.76. The maximum Gasteiger partial charge on any atom is 0.0594 e. The topological polar surface area (TPSA) is 24.5 Å². The molecule has 1 fully saturated rings.